The fourth-order valence-electron chi connectivity index (χ4n) is 1.18. The van der Waals surface area contributed by atoms with Crippen molar-refractivity contribution in [3.05, 3.63) is 40.7 Å². The number of rotatable bonds is 3. The first kappa shape index (κ1) is 19.2. The van der Waals surface area contributed by atoms with Gasteiger partial charge in [0.25, 0.3) is 0 Å². The van der Waals surface area contributed by atoms with Crippen LogP contribution in [-0.2, 0) is 6.54 Å². The second-order valence-electron chi connectivity index (χ2n) is 2.82. The van der Waals surface area contributed by atoms with E-state index in [2.05, 4.69) is 11.6 Å². The third kappa shape index (κ3) is 5.99. The first-order chi connectivity index (χ1) is 8.72. The molecule has 1 aromatic heterocycles. The fourth-order valence-corrected chi connectivity index (χ4v) is 1.41. The maximum absolute atomic E-state index is 5.92. The van der Waals surface area contributed by atoms with Gasteiger partial charge in [-0.1, -0.05) is 58.0 Å². The molecule has 1 heterocycles. The molecule has 0 aliphatic rings. The summed E-state index contributed by atoms with van der Waals surface area (Å²) >= 11 is 5.92. The molecule has 0 radical (unpaired) electrons. The Morgan fingerprint density at radius 1 is 1.33 bits per heavy atom. The molecule has 2 N–H and O–H groups in total. The van der Waals surface area contributed by atoms with Crippen molar-refractivity contribution in [2.24, 2.45) is 5.73 Å². The van der Waals surface area contributed by atoms with E-state index in [1.807, 2.05) is 52.8 Å². The average molecular weight is 269 g/mol. The molecule has 0 saturated carbocycles. The van der Waals surface area contributed by atoms with E-state index in [-0.39, 0.29) is 0 Å². The first-order valence-corrected chi connectivity index (χ1v) is 6.75. The number of hydrogen-bond donors (Lipinski definition) is 1. The number of hydrogen-bond acceptors (Lipinski definition) is 2. The van der Waals surface area contributed by atoms with Gasteiger partial charge in [-0.05, 0) is 19.1 Å². The number of nitrogens with two attached hydrogens (primary N) is 1. The molecule has 0 spiro atoms. The summed E-state index contributed by atoms with van der Waals surface area (Å²) < 4.78 is 0. The lowest BCUT2D eigenvalue weighted by Crippen LogP contribution is -2.01. The Hall–Kier alpha value is -1.12. The fraction of sp³-hybridized carbons (Fsp3) is 0.400. The largest absolute Gasteiger partial charge is 0.326 e. The Bertz CT molecular complexity index is 371. The van der Waals surface area contributed by atoms with Gasteiger partial charge in [0, 0.05) is 17.7 Å². The van der Waals surface area contributed by atoms with Gasteiger partial charge in [-0.2, -0.15) is 0 Å². The van der Waals surface area contributed by atoms with Crippen LogP contribution < -0.4 is 5.73 Å². The number of pyridine rings is 1. The Balaban J connectivity index is 0. The van der Waals surface area contributed by atoms with Crippen LogP contribution in [0.4, 0.5) is 0 Å². The summed E-state index contributed by atoms with van der Waals surface area (Å²) in [7, 11) is 0. The summed E-state index contributed by atoms with van der Waals surface area (Å²) in [6.07, 6.45) is 5.58. The molecule has 0 fully saturated rings. The molecule has 0 unspecified atom stereocenters. The molecule has 0 aromatic carbocycles. The van der Waals surface area contributed by atoms with E-state index in [4.69, 9.17) is 17.3 Å². The van der Waals surface area contributed by atoms with E-state index in [0.29, 0.717) is 11.7 Å². The Kier molecular flexibility index (Phi) is 13.2. The van der Waals surface area contributed by atoms with Gasteiger partial charge in [0.15, 0.2) is 0 Å². The molecule has 3 heteroatoms. The average Bonchev–Trinajstić information content (AvgIpc) is 2.45. The molecule has 18 heavy (non-hydrogen) atoms. The lowest BCUT2D eigenvalue weighted by atomic mass is 10.1. The zero-order chi connectivity index (χ0) is 14.6. The monoisotopic (exact) mass is 268 g/mol. The quantitative estimate of drug-likeness (QED) is 0.790. The molecule has 0 aliphatic heterocycles. The van der Waals surface area contributed by atoms with Crippen LogP contribution in [0.25, 0.3) is 12.2 Å². The van der Waals surface area contributed by atoms with E-state index in [1.165, 1.54) is 0 Å². The lowest BCUT2D eigenvalue weighted by Gasteiger charge is -2.05. The van der Waals surface area contributed by atoms with Crippen molar-refractivity contribution in [2.45, 2.75) is 41.2 Å². The van der Waals surface area contributed by atoms with Crippen LogP contribution in [0.2, 0.25) is 5.15 Å². The van der Waals surface area contributed by atoms with Crippen molar-refractivity contribution in [1.29, 1.82) is 0 Å². The van der Waals surface area contributed by atoms with Crippen molar-refractivity contribution >= 4 is 23.8 Å². The molecular formula is C15H25ClN2. The van der Waals surface area contributed by atoms with Gasteiger partial charge >= 0.3 is 0 Å². The van der Waals surface area contributed by atoms with E-state index >= 15 is 0 Å². The third-order valence-corrected chi connectivity index (χ3v) is 2.20. The lowest BCUT2D eigenvalue weighted by molar-refractivity contribution is 1.04. The standard InChI is InChI=1S/C11H13ClN2.2C2H6/c1-3-5-8-6-9(7-13)11(12)14-10(8)4-2;2*1-2/h3-6H,2,7,13H2,1H3;2*1-2H3/b5-3-;;. The minimum Gasteiger partial charge on any atom is -0.326 e. The Labute approximate surface area is 117 Å². The van der Waals surface area contributed by atoms with E-state index in [9.17, 15) is 0 Å². The molecule has 0 amide bonds. The van der Waals surface area contributed by atoms with E-state index in [1.54, 1.807) is 6.08 Å². The summed E-state index contributed by atoms with van der Waals surface area (Å²) in [5, 5.41) is 0.454. The summed E-state index contributed by atoms with van der Waals surface area (Å²) in [6.45, 7) is 14.0. The van der Waals surface area contributed by atoms with Gasteiger partial charge in [0.2, 0.25) is 0 Å². The summed E-state index contributed by atoms with van der Waals surface area (Å²) in [5.41, 5.74) is 8.16. The molecule has 0 atom stereocenters. The van der Waals surface area contributed by atoms with Crippen LogP contribution in [0.3, 0.4) is 0 Å². The van der Waals surface area contributed by atoms with E-state index < -0.39 is 0 Å². The van der Waals surface area contributed by atoms with Gasteiger partial charge in [-0.25, -0.2) is 4.98 Å². The summed E-state index contributed by atoms with van der Waals surface area (Å²) in [5.74, 6) is 0. The van der Waals surface area contributed by atoms with Crippen LogP contribution in [0.15, 0.2) is 18.7 Å². The first-order valence-electron chi connectivity index (χ1n) is 6.37. The van der Waals surface area contributed by atoms with Gasteiger partial charge in [0.05, 0.1) is 5.69 Å². The van der Waals surface area contributed by atoms with Crippen molar-refractivity contribution < 1.29 is 0 Å². The second kappa shape index (κ2) is 12.3. The number of halogens is 1. The van der Waals surface area contributed by atoms with Crippen molar-refractivity contribution in [3.63, 3.8) is 0 Å². The SMILES string of the molecule is C=Cc1nc(Cl)c(CN)cc1/C=C\C.CC.CC. The number of nitrogens with zero attached hydrogens (tertiary/aromatic N) is 1. The number of allylic oxidation sites excluding steroid dienone is 1. The highest BCUT2D eigenvalue weighted by atomic mass is 35.5. The molecule has 1 rings (SSSR count). The minimum atomic E-state index is 0.397. The Morgan fingerprint density at radius 3 is 2.28 bits per heavy atom. The maximum atomic E-state index is 5.92. The van der Waals surface area contributed by atoms with Crippen molar-refractivity contribution in [1.82, 2.24) is 4.98 Å². The predicted molar refractivity (Wildman–Crippen MR) is 84.6 cm³/mol. The minimum absolute atomic E-state index is 0.397. The van der Waals surface area contributed by atoms with Crippen molar-refractivity contribution in [3.8, 4) is 0 Å². The zero-order valence-corrected chi connectivity index (χ0v) is 12.9. The molecule has 102 valence electrons. The molecule has 0 saturated heterocycles. The maximum Gasteiger partial charge on any atom is 0.134 e. The van der Waals surface area contributed by atoms with Crippen molar-refractivity contribution in [2.75, 3.05) is 0 Å². The Morgan fingerprint density at radius 2 is 1.89 bits per heavy atom. The highest BCUT2D eigenvalue weighted by molar-refractivity contribution is 6.30. The van der Waals surface area contributed by atoms with Gasteiger partial charge in [-0.15, -0.1) is 0 Å². The molecule has 0 aliphatic carbocycles. The zero-order valence-electron chi connectivity index (χ0n) is 12.1. The van der Waals surface area contributed by atoms with Gasteiger partial charge in [0.1, 0.15) is 5.15 Å². The second-order valence-corrected chi connectivity index (χ2v) is 3.18. The van der Waals surface area contributed by atoms with Crippen LogP contribution >= 0.6 is 11.6 Å². The highest BCUT2D eigenvalue weighted by Gasteiger charge is 2.04. The molecule has 0 bridgehead atoms. The van der Waals surface area contributed by atoms with Crippen LogP contribution in [0.5, 0.6) is 0 Å². The summed E-state index contributed by atoms with van der Waals surface area (Å²) in [6, 6.07) is 1.94. The third-order valence-electron chi connectivity index (χ3n) is 1.87. The van der Waals surface area contributed by atoms with E-state index in [0.717, 1.165) is 16.8 Å². The van der Waals surface area contributed by atoms with Gasteiger partial charge < -0.3 is 5.73 Å². The van der Waals surface area contributed by atoms with Gasteiger partial charge in [-0.3, -0.25) is 0 Å². The normalized spacial score (nSPS) is 9.06. The topological polar surface area (TPSA) is 38.9 Å². The molecule has 1 aromatic rings. The van der Waals surface area contributed by atoms with Crippen LogP contribution in [-0.4, -0.2) is 4.98 Å². The molecule has 2 nitrogen and oxygen atoms in total. The van der Waals surface area contributed by atoms with Crippen LogP contribution in [0, 0.1) is 0 Å². The molecular weight excluding hydrogens is 244 g/mol. The van der Waals surface area contributed by atoms with Crippen LogP contribution in [0.1, 0.15) is 51.4 Å². The number of aromatic nitrogens is 1. The highest BCUT2D eigenvalue weighted by Crippen LogP contribution is 2.19. The predicted octanol–water partition coefficient (Wildman–Crippen LogP) is 4.92. The summed E-state index contributed by atoms with van der Waals surface area (Å²) in [4.78, 5) is 4.20. The smallest absolute Gasteiger partial charge is 0.134 e.